The number of nitrogens with one attached hydrogen (secondary N) is 1. The predicted octanol–water partition coefficient (Wildman–Crippen LogP) is 4.64. The summed E-state index contributed by atoms with van der Waals surface area (Å²) < 4.78 is 16.1. The first kappa shape index (κ1) is 23.6. The zero-order valence-electron chi connectivity index (χ0n) is 16.7. The van der Waals surface area contributed by atoms with E-state index in [1.807, 2.05) is 18.2 Å². The number of nitriles is 1. The van der Waals surface area contributed by atoms with Gasteiger partial charge in [-0.3, -0.25) is 4.79 Å². The first-order valence-electron chi connectivity index (χ1n) is 9.12. The second-order valence-electron chi connectivity index (χ2n) is 6.22. The summed E-state index contributed by atoms with van der Waals surface area (Å²) in [4.78, 5) is 12.2. The zero-order valence-corrected chi connectivity index (χ0v) is 18.2. The van der Waals surface area contributed by atoms with Gasteiger partial charge >= 0.3 is 0 Å². The molecule has 0 saturated heterocycles. The minimum absolute atomic E-state index is 0.0413. The number of amides is 1. The van der Waals surface area contributed by atoms with Crippen molar-refractivity contribution in [3.05, 3.63) is 63.1 Å². The van der Waals surface area contributed by atoms with E-state index in [0.717, 1.165) is 5.56 Å². The van der Waals surface area contributed by atoms with Gasteiger partial charge in [-0.15, -0.1) is 0 Å². The number of benzene rings is 2. The van der Waals surface area contributed by atoms with Crippen LogP contribution >= 0.6 is 23.2 Å². The van der Waals surface area contributed by atoms with Crippen LogP contribution in [0.1, 0.15) is 17.5 Å². The molecule has 0 radical (unpaired) electrons. The molecule has 2 rings (SSSR count). The Hall–Kier alpha value is -2.72. The lowest BCUT2D eigenvalue weighted by Crippen LogP contribution is -2.26. The summed E-state index contributed by atoms with van der Waals surface area (Å²) in [6, 6.07) is 12.4. The van der Waals surface area contributed by atoms with Crippen molar-refractivity contribution in [2.45, 2.75) is 13.0 Å². The van der Waals surface area contributed by atoms with E-state index in [0.29, 0.717) is 46.7 Å². The third kappa shape index (κ3) is 6.96. The van der Waals surface area contributed by atoms with Crippen molar-refractivity contribution >= 4 is 35.2 Å². The van der Waals surface area contributed by atoms with Crippen LogP contribution in [-0.2, 0) is 16.1 Å². The van der Waals surface area contributed by atoms with Crippen LogP contribution in [0.4, 0.5) is 0 Å². The summed E-state index contributed by atoms with van der Waals surface area (Å²) in [5.41, 5.74) is 1.41. The molecule has 0 bridgehead atoms. The van der Waals surface area contributed by atoms with Gasteiger partial charge in [-0.25, -0.2) is 0 Å². The standard InChI is InChI=1S/C22H22Cl2N2O4/c1-28-9-3-8-26-22(27)17(13-25)10-16-11-19(24)21(20(12-16)29-2)30-14-15-4-6-18(23)7-5-15/h4-7,10-12H,3,8-9,14H2,1-2H3,(H,26,27)/b17-10+. The smallest absolute Gasteiger partial charge is 0.261 e. The third-order valence-electron chi connectivity index (χ3n) is 4.04. The fourth-order valence-electron chi connectivity index (χ4n) is 2.53. The van der Waals surface area contributed by atoms with E-state index in [9.17, 15) is 10.1 Å². The van der Waals surface area contributed by atoms with Gasteiger partial charge in [0, 0.05) is 25.3 Å². The summed E-state index contributed by atoms with van der Waals surface area (Å²) in [6.07, 6.45) is 2.10. The maximum atomic E-state index is 12.2. The third-order valence-corrected chi connectivity index (χ3v) is 4.57. The Labute approximate surface area is 185 Å². The Morgan fingerprint density at radius 3 is 2.57 bits per heavy atom. The highest BCUT2D eigenvalue weighted by Crippen LogP contribution is 2.37. The van der Waals surface area contributed by atoms with E-state index in [-0.39, 0.29) is 12.2 Å². The van der Waals surface area contributed by atoms with Crippen molar-refractivity contribution in [1.29, 1.82) is 5.26 Å². The van der Waals surface area contributed by atoms with E-state index in [2.05, 4.69) is 5.32 Å². The molecule has 0 spiro atoms. The fourth-order valence-corrected chi connectivity index (χ4v) is 2.93. The van der Waals surface area contributed by atoms with E-state index in [1.54, 1.807) is 31.4 Å². The first-order chi connectivity index (χ1) is 14.5. The van der Waals surface area contributed by atoms with Gasteiger partial charge in [-0.2, -0.15) is 5.26 Å². The lowest BCUT2D eigenvalue weighted by molar-refractivity contribution is -0.117. The molecule has 8 heteroatoms. The van der Waals surface area contributed by atoms with Gasteiger partial charge in [-0.05, 0) is 47.9 Å². The van der Waals surface area contributed by atoms with Gasteiger partial charge in [0.15, 0.2) is 11.5 Å². The topological polar surface area (TPSA) is 80.6 Å². The molecule has 2 aromatic rings. The summed E-state index contributed by atoms with van der Waals surface area (Å²) in [5.74, 6) is 0.293. The van der Waals surface area contributed by atoms with Gasteiger partial charge in [0.1, 0.15) is 18.2 Å². The van der Waals surface area contributed by atoms with Crippen LogP contribution in [0, 0.1) is 11.3 Å². The molecule has 0 aliphatic carbocycles. The fraction of sp³-hybridized carbons (Fsp3) is 0.273. The van der Waals surface area contributed by atoms with Crippen molar-refractivity contribution in [3.63, 3.8) is 0 Å². The highest BCUT2D eigenvalue weighted by molar-refractivity contribution is 6.32. The molecule has 1 N–H and O–H groups in total. The van der Waals surface area contributed by atoms with Gasteiger partial charge < -0.3 is 19.5 Å². The van der Waals surface area contributed by atoms with Crippen LogP contribution in [0.2, 0.25) is 10.0 Å². The van der Waals surface area contributed by atoms with Crippen LogP contribution in [-0.4, -0.2) is 33.3 Å². The van der Waals surface area contributed by atoms with Crippen LogP contribution in [0.15, 0.2) is 42.0 Å². The Kier molecular flexibility index (Phi) is 9.49. The van der Waals surface area contributed by atoms with Gasteiger partial charge in [-0.1, -0.05) is 35.3 Å². The lowest BCUT2D eigenvalue weighted by Gasteiger charge is -2.14. The second kappa shape index (κ2) is 12.1. The average molecular weight is 449 g/mol. The maximum Gasteiger partial charge on any atom is 0.261 e. The molecule has 1 amide bonds. The first-order valence-corrected chi connectivity index (χ1v) is 9.87. The maximum absolute atomic E-state index is 12.2. The van der Waals surface area contributed by atoms with Gasteiger partial charge in [0.2, 0.25) is 0 Å². The molecule has 0 saturated carbocycles. The number of hydrogen-bond acceptors (Lipinski definition) is 5. The number of nitrogens with zero attached hydrogens (tertiary/aromatic N) is 1. The van der Waals surface area contributed by atoms with Crippen LogP contribution in [0.5, 0.6) is 11.5 Å². The monoisotopic (exact) mass is 448 g/mol. The van der Waals surface area contributed by atoms with E-state index >= 15 is 0 Å². The van der Waals surface area contributed by atoms with Crippen molar-refractivity contribution in [1.82, 2.24) is 5.32 Å². The molecular formula is C22H22Cl2N2O4. The number of rotatable bonds is 10. The summed E-state index contributed by atoms with van der Waals surface area (Å²) in [6.45, 7) is 1.21. The second-order valence-corrected chi connectivity index (χ2v) is 7.06. The van der Waals surface area contributed by atoms with Crippen molar-refractivity contribution in [2.24, 2.45) is 0 Å². The molecule has 2 aromatic carbocycles. The highest BCUT2D eigenvalue weighted by atomic mass is 35.5. The Balaban J connectivity index is 2.16. The normalized spacial score (nSPS) is 11.0. The zero-order chi connectivity index (χ0) is 21.9. The van der Waals surface area contributed by atoms with Crippen molar-refractivity contribution < 1.29 is 19.0 Å². The molecule has 0 fully saturated rings. The molecule has 0 aromatic heterocycles. The van der Waals surface area contributed by atoms with E-state index in [4.69, 9.17) is 37.4 Å². The number of carbonyl (C=O) groups is 1. The van der Waals surface area contributed by atoms with Gasteiger partial charge in [0.25, 0.3) is 5.91 Å². The van der Waals surface area contributed by atoms with Crippen LogP contribution < -0.4 is 14.8 Å². The largest absolute Gasteiger partial charge is 0.493 e. The van der Waals surface area contributed by atoms with Crippen LogP contribution in [0.25, 0.3) is 6.08 Å². The molecule has 6 nitrogen and oxygen atoms in total. The Morgan fingerprint density at radius 2 is 1.93 bits per heavy atom. The number of hydrogen-bond donors (Lipinski definition) is 1. The highest BCUT2D eigenvalue weighted by Gasteiger charge is 2.14. The molecular weight excluding hydrogens is 427 g/mol. The molecule has 0 unspecified atom stereocenters. The molecule has 0 aliphatic heterocycles. The molecule has 30 heavy (non-hydrogen) atoms. The predicted molar refractivity (Wildman–Crippen MR) is 117 cm³/mol. The molecule has 0 heterocycles. The summed E-state index contributed by atoms with van der Waals surface area (Å²) in [7, 11) is 3.07. The molecule has 158 valence electrons. The lowest BCUT2D eigenvalue weighted by atomic mass is 10.1. The van der Waals surface area contributed by atoms with Crippen molar-refractivity contribution in [2.75, 3.05) is 27.4 Å². The average Bonchev–Trinajstić information content (AvgIpc) is 2.75. The van der Waals surface area contributed by atoms with E-state index < -0.39 is 5.91 Å². The van der Waals surface area contributed by atoms with Gasteiger partial charge in [0.05, 0.1) is 12.1 Å². The number of halogens is 2. The Bertz CT molecular complexity index is 937. The summed E-state index contributed by atoms with van der Waals surface area (Å²) >= 11 is 12.3. The Morgan fingerprint density at radius 1 is 1.20 bits per heavy atom. The van der Waals surface area contributed by atoms with E-state index in [1.165, 1.54) is 13.2 Å². The minimum atomic E-state index is -0.466. The van der Waals surface area contributed by atoms with Crippen molar-refractivity contribution in [3.8, 4) is 17.6 Å². The minimum Gasteiger partial charge on any atom is -0.493 e. The number of ether oxygens (including phenoxy) is 3. The number of methoxy groups -OCH3 is 2. The summed E-state index contributed by atoms with van der Waals surface area (Å²) in [5, 5.41) is 13.0. The quantitative estimate of drug-likeness (QED) is 0.325. The number of carbonyl (C=O) groups excluding carboxylic acids is 1. The molecule has 0 aliphatic rings. The molecule has 0 atom stereocenters. The van der Waals surface area contributed by atoms with Crippen LogP contribution in [0.3, 0.4) is 0 Å². The SMILES string of the molecule is COCCCNC(=O)/C(C#N)=C/c1cc(Cl)c(OCc2ccc(Cl)cc2)c(OC)c1.